The zero-order chi connectivity index (χ0) is 22.4. The van der Waals surface area contributed by atoms with Crippen molar-refractivity contribution in [3.63, 3.8) is 0 Å². The van der Waals surface area contributed by atoms with Gasteiger partial charge < -0.3 is 10.4 Å². The summed E-state index contributed by atoms with van der Waals surface area (Å²) in [6, 6.07) is 2.03. The Balaban J connectivity index is 2.19. The van der Waals surface area contributed by atoms with Crippen LogP contribution >= 0.6 is 0 Å². The predicted molar refractivity (Wildman–Crippen MR) is 84.5 cm³/mol. The van der Waals surface area contributed by atoms with Crippen LogP contribution in [0.3, 0.4) is 0 Å². The Labute approximate surface area is 162 Å². The lowest BCUT2D eigenvalue weighted by atomic mass is 9.80. The lowest BCUT2D eigenvalue weighted by Crippen LogP contribution is -2.25. The summed E-state index contributed by atoms with van der Waals surface area (Å²) in [5.74, 6) is -3.43. The molecule has 2 aliphatic rings. The summed E-state index contributed by atoms with van der Waals surface area (Å²) in [7, 11) is 0. The lowest BCUT2D eigenvalue weighted by molar-refractivity contribution is -0.717. The van der Waals surface area contributed by atoms with Crippen LogP contribution in [0.1, 0.15) is 22.6 Å². The predicted octanol–water partition coefficient (Wildman–Crippen LogP) is 4.19. The van der Waals surface area contributed by atoms with E-state index in [0.29, 0.717) is 12.1 Å². The van der Waals surface area contributed by atoms with Crippen molar-refractivity contribution in [2.24, 2.45) is 5.92 Å². The Hall–Kier alpha value is -3.76. The molecule has 0 radical (unpaired) electrons. The molecular weight excluding hydrogens is 426 g/mol. The molecule has 1 heterocycles. The van der Waals surface area contributed by atoms with E-state index in [2.05, 4.69) is 10.4 Å². The standard InChI is InChI=1S/C16H7F6N4O4/c17-15(18,19)8-3-7(4-9(5-8)16(20,21)22)11(6-23)10-1-2-12-13(14(10)25(27)28)24-30-26(12)29/h1-5,10-11H/q-1. The summed E-state index contributed by atoms with van der Waals surface area (Å²) in [6.07, 6.45) is -8.39. The molecule has 3 rings (SSSR count). The molecule has 158 valence electrons. The summed E-state index contributed by atoms with van der Waals surface area (Å²) in [5.41, 5.74) is -2.72. The Morgan fingerprint density at radius 1 is 1.17 bits per heavy atom. The molecule has 2 unspecified atom stereocenters. The zero-order valence-electron chi connectivity index (χ0n) is 14.2. The van der Waals surface area contributed by atoms with Crippen LogP contribution in [0.2, 0.25) is 0 Å². The van der Waals surface area contributed by atoms with E-state index in [1.807, 2.05) is 0 Å². The summed E-state index contributed by atoms with van der Waals surface area (Å²) >= 11 is 0. The Kier molecular flexibility index (Phi) is 4.85. The van der Waals surface area contributed by atoms with E-state index >= 15 is 0 Å². The van der Waals surface area contributed by atoms with Gasteiger partial charge in [0.15, 0.2) is 0 Å². The third-order valence-electron chi connectivity index (χ3n) is 4.33. The quantitative estimate of drug-likeness (QED) is 0.307. The number of halogens is 6. The van der Waals surface area contributed by atoms with E-state index in [0.717, 1.165) is 12.2 Å². The minimum Gasteiger partial charge on any atom is -0.567 e. The average Bonchev–Trinajstić information content (AvgIpc) is 3.01. The largest absolute Gasteiger partial charge is 0.567 e. The maximum absolute atomic E-state index is 13.1. The van der Waals surface area contributed by atoms with Crippen LogP contribution in [-0.4, -0.2) is 15.5 Å². The van der Waals surface area contributed by atoms with Gasteiger partial charge in [-0.15, -0.1) is 0 Å². The minimum atomic E-state index is -5.17. The first-order valence-corrected chi connectivity index (χ1v) is 7.83. The number of rotatable bonds is 3. The van der Waals surface area contributed by atoms with Gasteiger partial charge in [0.1, 0.15) is 0 Å². The van der Waals surface area contributed by atoms with Gasteiger partial charge in [0.05, 0.1) is 34.0 Å². The van der Waals surface area contributed by atoms with Gasteiger partial charge >= 0.3 is 12.4 Å². The third kappa shape index (κ3) is 3.61. The van der Waals surface area contributed by atoms with Gasteiger partial charge in [-0.2, -0.15) is 31.6 Å². The number of benzene rings is 1. The van der Waals surface area contributed by atoms with Crippen molar-refractivity contribution in [3.8, 4) is 6.07 Å². The van der Waals surface area contributed by atoms with E-state index in [9.17, 15) is 46.9 Å². The topological polar surface area (TPSA) is 116 Å². The van der Waals surface area contributed by atoms with Crippen LogP contribution in [0.25, 0.3) is 5.48 Å². The molecule has 0 N–H and O–H groups in total. The number of nitro groups is 1. The Morgan fingerprint density at radius 3 is 2.20 bits per heavy atom. The molecule has 1 aliphatic carbocycles. The van der Waals surface area contributed by atoms with E-state index in [1.54, 1.807) is 0 Å². The molecule has 14 heteroatoms. The minimum absolute atomic E-state index is 0.122. The van der Waals surface area contributed by atoms with Crippen molar-refractivity contribution in [1.82, 2.24) is 0 Å². The summed E-state index contributed by atoms with van der Waals surface area (Å²) in [4.78, 5) is 14.6. The number of nitriles is 1. The number of nitrogens with zero attached hydrogens (tertiary/aromatic N) is 4. The Morgan fingerprint density at radius 2 is 1.73 bits per heavy atom. The monoisotopic (exact) mass is 433 g/mol. The molecule has 1 aliphatic heterocycles. The fourth-order valence-corrected chi connectivity index (χ4v) is 3.01. The van der Waals surface area contributed by atoms with E-state index in [4.69, 9.17) is 0 Å². The smallest absolute Gasteiger partial charge is 0.416 e. The number of hydroxylamine groups is 1. The van der Waals surface area contributed by atoms with Crippen LogP contribution in [-0.2, 0) is 17.3 Å². The molecule has 0 saturated carbocycles. The van der Waals surface area contributed by atoms with Gasteiger partial charge in [0.2, 0.25) is 5.70 Å². The first-order chi connectivity index (χ1) is 13.8. The number of hydrogen-bond acceptors (Lipinski definition) is 5. The molecule has 0 amide bonds. The van der Waals surface area contributed by atoms with Crippen LogP contribution in [0.15, 0.2) is 41.7 Å². The van der Waals surface area contributed by atoms with Gasteiger partial charge in [0.25, 0.3) is 5.71 Å². The molecule has 0 bridgehead atoms. The lowest BCUT2D eigenvalue weighted by Gasteiger charge is -2.24. The van der Waals surface area contributed by atoms with E-state index < -0.39 is 62.9 Å². The van der Waals surface area contributed by atoms with Crippen LogP contribution in [0, 0.1) is 32.6 Å². The number of alkyl halides is 6. The van der Waals surface area contributed by atoms with Gasteiger partial charge in [0, 0.05) is 16.7 Å². The highest BCUT2D eigenvalue weighted by atomic mass is 19.4. The number of allylic oxidation sites excluding steroid dienone is 2. The fraction of sp³-hybridized carbons (Fsp3) is 0.250. The summed E-state index contributed by atoms with van der Waals surface area (Å²) < 4.78 is 78.7. The van der Waals surface area contributed by atoms with Crippen LogP contribution in [0.5, 0.6) is 0 Å². The van der Waals surface area contributed by atoms with Crippen molar-refractivity contribution in [3.05, 3.63) is 79.2 Å². The fourth-order valence-electron chi connectivity index (χ4n) is 3.01. The molecule has 30 heavy (non-hydrogen) atoms. The van der Waals surface area contributed by atoms with Crippen molar-refractivity contribution in [2.45, 2.75) is 18.3 Å². The van der Waals surface area contributed by atoms with Gasteiger partial charge in [-0.1, -0.05) is 6.08 Å². The SMILES string of the molecule is N#CC(c1cc(C(F)(F)F)cc(C(F)(F)F)c1)C1C=CC2=[N+]([O-])O[N-]C2=C1[N+](=O)[O-]. The highest BCUT2D eigenvalue weighted by Crippen LogP contribution is 2.42. The average molecular weight is 433 g/mol. The number of hydrogen-bond donors (Lipinski definition) is 0. The van der Waals surface area contributed by atoms with E-state index in [1.165, 1.54) is 6.07 Å². The van der Waals surface area contributed by atoms with Gasteiger partial charge in [-0.3, -0.25) is 15.3 Å². The molecule has 1 aromatic carbocycles. The maximum Gasteiger partial charge on any atom is 0.416 e. The van der Waals surface area contributed by atoms with Crippen LogP contribution < -0.4 is 0 Å². The zero-order valence-corrected chi connectivity index (χ0v) is 14.2. The summed E-state index contributed by atoms with van der Waals surface area (Å²) in [6.45, 7) is 0. The molecule has 0 spiro atoms. The highest BCUT2D eigenvalue weighted by Gasteiger charge is 2.42. The second-order valence-corrected chi connectivity index (χ2v) is 6.14. The van der Waals surface area contributed by atoms with Crippen molar-refractivity contribution >= 4 is 5.71 Å². The first-order valence-electron chi connectivity index (χ1n) is 7.83. The highest BCUT2D eigenvalue weighted by molar-refractivity contribution is 6.08. The molecule has 8 nitrogen and oxygen atoms in total. The summed E-state index contributed by atoms with van der Waals surface area (Å²) in [5, 5.41) is 32.4. The van der Waals surface area contributed by atoms with Gasteiger partial charge in [-0.05, 0) is 23.8 Å². The number of fused-ring (bicyclic) bond motifs is 1. The third-order valence-corrected chi connectivity index (χ3v) is 4.33. The normalized spacial score (nSPS) is 19.7. The second kappa shape index (κ2) is 6.94. The molecule has 0 aromatic heterocycles. The Bertz CT molecular complexity index is 1020. The molecule has 1 aromatic rings. The second-order valence-electron chi connectivity index (χ2n) is 6.14. The van der Waals surface area contributed by atoms with E-state index in [-0.39, 0.29) is 11.0 Å². The molecule has 0 saturated heterocycles. The van der Waals surface area contributed by atoms with Crippen molar-refractivity contribution in [2.75, 3.05) is 0 Å². The first kappa shape index (κ1) is 21.0. The molecular formula is C16H7F6N4O4-. The van der Waals surface area contributed by atoms with Crippen LogP contribution in [0.4, 0.5) is 26.3 Å². The van der Waals surface area contributed by atoms with Crippen molar-refractivity contribution < 1.29 is 41.1 Å². The molecule has 0 fully saturated rings. The molecule has 2 atom stereocenters. The van der Waals surface area contributed by atoms with Crippen molar-refractivity contribution in [1.29, 1.82) is 5.26 Å². The maximum atomic E-state index is 13.1. The van der Waals surface area contributed by atoms with Gasteiger partial charge in [-0.25, -0.2) is 0 Å².